The van der Waals surface area contributed by atoms with Crippen molar-refractivity contribution in [3.05, 3.63) is 58.3 Å². The minimum Gasteiger partial charge on any atom is -0.496 e. The smallest absolute Gasteiger partial charge is 0.246 e. The Bertz CT molecular complexity index is 1260. The molecule has 1 saturated heterocycles. The minimum atomic E-state index is -0.302. The molecule has 6 nitrogen and oxygen atoms in total. The number of nitrogens with two attached hydrogens (primary N) is 1. The SMILES string of the molecule is COc1cc2occ(-c3ccc(Cl)cc3Cl)c2cc1/C(C)=C/C(=O)N1CCC(C(N)=O)CC1. The molecule has 1 aromatic heterocycles. The number of furan rings is 1. The summed E-state index contributed by atoms with van der Waals surface area (Å²) >= 11 is 12.5. The number of hydrogen-bond acceptors (Lipinski definition) is 4. The number of hydrogen-bond donors (Lipinski definition) is 1. The molecule has 0 atom stereocenters. The third-order valence-corrected chi connectivity index (χ3v) is 6.64. The van der Waals surface area contributed by atoms with E-state index in [2.05, 4.69) is 0 Å². The van der Waals surface area contributed by atoms with Crippen molar-refractivity contribution in [3.63, 3.8) is 0 Å². The highest BCUT2D eigenvalue weighted by molar-refractivity contribution is 6.36. The van der Waals surface area contributed by atoms with Crippen LogP contribution >= 0.6 is 23.2 Å². The van der Waals surface area contributed by atoms with Gasteiger partial charge in [-0.1, -0.05) is 29.3 Å². The second kappa shape index (κ2) is 9.49. The number of halogens is 2. The van der Waals surface area contributed by atoms with E-state index in [1.807, 2.05) is 19.1 Å². The summed E-state index contributed by atoms with van der Waals surface area (Å²) in [6.07, 6.45) is 4.42. The van der Waals surface area contributed by atoms with Crippen LogP contribution < -0.4 is 10.5 Å². The van der Waals surface area contributed by atoms with Crippen molar-refractivity contribution in [2.45, 2.75) is 19.8 Å². The molecule has 2 N–H and O–H groups in total. The van der Waals surface area contributed by atoms with Gasteiger partial charge in [0.25, 0.3) is 0 Å². The van der Waals surface area contributed by atoms with Gasteiger partial charge in [-0.05, 0) is 43.5 Å². The van der Waals surface area contributed by atoms with Gasteiger partial charge in [0.2, 0.25) is 11.8 Å². The fourth-order valence-electron chi connectivity index (χ4n) is 4.19. The Morgan fingerprint density at radius 2 is 1.88 bits per heavy atom. The number of nitrogens with zero attached hydrogens (tertiary/aromatic N) is 1. The maximum absolute atomic E-state index is 12.9. The number of benzene rings is 2. The number of amides is 2. The lowest BCUT2D eigenvalue weighted by molar-refractivity contribution is -0.130. The summed E-state index contributed by atoms with van der Waals surface area (Å²) in [5.74, 6) is 0.0229. The molecule has 0 aliphatic carbocycles. The van der Waals surface area contributed by atoms with Crippen molar-refractivity contribution < 1.29 is 18.7 Å². The highest BCUT2D eigenvalue weighted by Crippen LogP contribution is 2.40. The van der Waals surface area contributed by atoms with Gasteiger partial charge < -0.3 is 19.8 Å². The summed E-state index contributed by atoms with van der Waals surface area (Å²) in [5.41, 5.74) is 9.19. The lowest BCUT2D eigenvalue weighted by Gasteiger charge is -2.30. The standard InChI is InChI=1S/C25H24Cl2N2O4/c1-14(9-24(30)29-7-5-15(6-8-29)25(28)31)18-11-19-20(13-33-23(19)12-22(18)32-2)17-4-3-16(26)10-21(17)27/h3-4,9-13,15H,5-8H2,1-2H3,(H2,28,31)/b14-9+. The largest absolute Gasteiger partial charge is 0.496 e. The number of allylic oxidation sites excluding steroid dienone is 1. The summed E-state index contributed by atoms with van der Waals surface area (Å²) in [6.45, 7) is 2.88. The van der Waals surface area contributed by atoms with Crippen LogP contribution in [0.3, 0.4) is 0 Å². The van der Waals surface area contributed by atoms with Crippen LogP contribution in [0.1, 0.15) is 25.3 Å². The van der Waals surface area contributed by atoms with E-state index < -0.39 is 0 Å². The van der Waals surface area contributed by atoms with Gasteiger partial charge in [-0.15, -0.1) is 0 Å². The molecule has 0 spiro atoms. The maximum Gasteiger partial charge on any atom is 0.246 e. The quantitative estimate of drug-likeness (QED) is 0.479. The number of rotatable bonds is 5. The molecular weight excluding hydrogens is 463 g/mol. The van der Waals surface area contributed by atoms with E-state index in [9.17, 15) is 9.59 Å². The molecule has 1 aliphatic heterocycles. The zero-order valence-electron chi connectivity index (χ0n) is 18.4. The highest BCUT2D eigenvalue weighted by Gasteiger charge is 2.25. The molecule has 1 fully saturated rings. The zero-order valence-corrected chi connectivity index (χ0v) is 19.9. The zero-order chi connectivity index (χ0) is 23.7. The van der Waals surface area contributed by atoms with Gasteiger partial charge in [-0.2, -0.15) is 0 Å². The van der Waals surface area contributed by atoms with Crippen LogP contribution in [0.15, 0.2) is 47.1 Å². The number of carbonyl (C=O) groups excluding carboxylic acids is 2. The van der Waals surface area contributed by atoms with Crippen LogP contribution in [0.5, 0.6) is 5.75 Å². The molecule has 172 valence electrons. The summed E-state index contributed by atoms with van der Waals surface area (Å²) in [4.78, 5) is 26.0. The van der Waals surface area contributed by atoms with Crippen LogP contribution in [-0.4, -0.2) is 36.9 Å². The fraction of sp³-hybridized carbons (Fsp3) is 0.280. The van der Waals surface area contributed by atoms with Gasteiger partial charge in [-0.3, -0.25) is 9.59 Å². The number of ether oxygens (including phenoxy) is 1. The first kappa shape index (κ1) is 23.2. The molecule has 1 aliphatic rings. The predicted molar refractivity (Wildman–Crippen MR) is 130 cm³/mol. The first-order valence-corrected chi connectivity index (χ1v) is 11.4. The van der Waals surface area contributed by atoms with Crippen LogP contribution in [0, 0.1) is 5.92 Å². The number of carbonyl (C=O) groups is 2. The molecule has 2 heterocycles. The van der Waals surface area contributed by atoms with Crippen LogP contribution in [0.4, 0.5) is 0 Å². The van der Waals surface area contributed by atoms with E-state index in [1.54, 1.807) is 42.5 Å². The topological polar surface area (TPSA) is 85.8 Å². The van der Waals surface area contributed by atoms with Gasteiger partial charge in [0.15, 0.2) is 0 Å². The van der Waals surface area contributed by atoms with Crippen molar-refractivity contribution in [1.82, 2.24) is 4.90 Å². The van der Waals surface area contributed by atoms with Gasteiger partial charge in [0.05, 0.1) is 18.4 Å². The van der Waals surface area contributed by atoms with Crippen molar-refractivity contribution in [2.24, 2.45) is 11.7 Å². The van der Waals surface area contributed by atoms with E-state index >= 15 is 0 Å². The van der Waals surface area contributed by atoms with Crippen molar-refractivity contribution in [3.8, 4) is 16.9 Å². The normalized spacial score (nSPS) is 15.2. The average molecular weight is 487 g/mol. The van der Waals surface area contributed by atoms with Gasteiger partial charge in [-0.25, -0.2) is 0 Å². The first-order chi connectivity index (χ1) is 15.8. The average Bonchev–Trinajstić information content (AvgIpc) is 3.20. The Hall–Kier alpha value is -2.96. The molecule has 8 heteroatoms. The van der Waals surface area contributed by atoms with Crippen molar-refractivity contribution in [1.29, 1.82) is 0 Å². The monoisotopic (exact) mass is 486 g/mol. The summed E-state index contributed by atoms with van der Waals surface area (Å²) in [7, 11) is 1.58. The molecule has 0 radical (unpaired) electrons. The predicted octanol–water partition coefficient (Wildman–Crippen LogP) is 5.54. The Labute approximate surface area is 201 Å². The van der Waals surface area contributed by atoms with Crippen molar-refractivity contribution >= 4 is 51.6 Å². The van der Waals surface area contributed by atoms with Crippen LogP contribution in [0.25, 0.3) is 27.7 Å². The molecular formula is C25H24Cl2N2O4. The van der Waals surface area contributed by atoms with E-state index in [4.69, 9.17) is 38.1 Å². The summed E-state index contributed by atoms with van der Waals surface area (Å²) < 4.78 is 11.3. The molecule has 3 aromatic rings. The highest BCUT2D eigenvalue weighted by atomic mass is 35.5. The number of methoxy groups -OCH3 is 1. The lowest BCUT2D eigenvalue weighted by Crippen LogP contribution is -2.41. The Kier molecular flexibility index (Phi) is 6.68. The Balaban J connectivity index is 1.67. The fourth-order valence-corrected chi connectivity index (χ4v) is 4.70. The molecule has 33 heavy (non-hydrogen) atoms. The van der Waals surface area contributed by atoms with E-state index in [1.165, 1.54) is 0 Å². The number of likely N-dealkylation sites (tertiary alicyclic amines) is 1. The maximum atomic E-state index is 12.9. The van der Waals surface area contributed by atoms with E-state index in [0.717, 1.165) is 27.6 Å². The molecule has 0 bridgehead atoms. The lowest BCUT2D eigenvalue weighted by atomic mass is 9.96. The number of fused-ring (bicyclic) bond motifs is 1. The van der Waals surface area contributed by atoms with E-state index in [-0.39, 0.29) is 17.7 Å². The third-order valence-electron chi connectivity index (χ3n) is 6.09. The molecule has 0 saturated carbocycles. The van der Waals surface area contributed by atoms with Gasteiger partial charge >= 0.3 is 0 Å². The molecule has 4 rings (SSSR count). The summed E-state index contributed by atoms with van der Waals surface area (Å²) in [6, 6.07) is 9.06. The second-order valence-corrected chi connectivity index (χ2v) is 9.00. The second-order valence-electron chi connectivity index (χ2n) is 8.15. The summed E-state index contributed by atoms with van der Waals surface area (Å²) in [5, 5.41) is 1.91. The van der Waals surface area contributed by atoms with Crippen LogP contribution in [-0.2, 0) is 9.59 Å². The van der Waals surface area contributed by atoms with Gasteiger partial charge in [0.1, 0.15) is 11.3 Å². The molecule has 0 unspecified atom stereocenters. The minimum absolute atomic E-state index is 0.106. The van der Waals surface area contributed by atoms with Crippen molar-refractivity contribution in [2.75, 3.05) is 20.2 Å². The van der Waals surface area contributed by atoms with Gasteiger partial charge in [0, 0.05) is 58.2 Å². The first-order valence-electron chi connectivity index (χ1n) is 10.6. The Morgan fingerprint density at radius 1 is 1.15 bits per heavy atom. The van der Waals surface area contributed by atoms with E-state index in [0.29, 0.717) is 47.3 Å². The molecule has 2 aromatic carbocycles. The third kappa shape index (κ3) is 4.72. The Morgan fingerprint density at radius 3 is 2.52 bits per heavy atom. The van der Waals surface area contributed by atoms with Crippen LogP contribution in [0.2, 0.25) is 10.0 Å². The number of piperidine rings is 1. The number of primary amides is 1. The molecule has 2 amide bonds.